The van der Waals surface area contributed by atoms with Crippen LogP contribution in [0.5, 0.6) is 0 Å². The van der Waals surface area contributed by atoms with Crippen LogP contribution in [0.4, 0.5) is 0 Å². The Labute approximate surface area is 136 Å². The Morgan fingerprint density at radius 1 is 1.32 bits per heavy atom. The van der Waals surface area contributed by atoms with E-state index in [0.29, 0.717) is 6.54 Å². The molecule has 118 valence electrons. The van der Waals surface area contributed by atoms with Gasteiger partial charge in [-0.05, 0) is 24.0 Å². The van der Waals surface area contributed by atoms with Crippen molar-refractivity contribution in [1.29, 1.82) is 0 Å². The zero-order valence-corrected chi connectivity index (χ0v) is 14.3. The zero-order chi connectivity index (χ0) is 15.8. The molecule has 0 saturated heterocycles. The van der Waals surface area contributed by atoms with Crippen LogP contribution >= 0.6 is 11.3 Å². The first kappa shape index (κ1) is 15.7. The predicted molar refractivity (Wildman–Crippen MR) is 91.2 cm³/mol. The molecular weight excluding hydrogens is 292 g/mol. The topological polar surface area (TPSA) is 45.2 Å². The second-order valence-corrected chi connectivity index (χ2v) is 8.29. The maximum atomic E-state index is 10.9. The van der Waals surface area contributed by atoms with Crippen LogP contribution in [-0.2, 0) is 24.0 Å². The van der Waals surface area contributed by atoms with E-state index in [1.165, 1.54) is 10.4 Å². The van der Waals surface area contributed by atoms with Gasteiger partial charge in [0.15, 0.2) is 0 Å². The molecule has 0 bridgehead atoms. The summed E-state index contributed by atoms with van der Waals surface area (Å²) in [6, 6.07) is 8.22. The maximum absolute atomic E-state index is 10.9. The number of aromatic nitrogens is 1. The molecule has 2 N–H and O–H groups in total. The quantitative estimate of drug-likeness (QED) is 0.909. The van der Waals surface area contributed by atoms with Crippen LogP contribution in [0.3, 0.4) is 0 Å². The predicted octanol–water partition coefficient (Wildman–Crippen LogP) is 3.36. The summed E-state index contributed by atoms with van der Waals surface area (Å²) in [6.07, 6.45) is 3.71. The van der Waals surface area contributed by atoms with Gasteiger partial charge >= 0.3 is 0 Å². The number of nitrogens with one attached hydrogen (secondary N) is 1. The molecule has 0 amide bonds. The largest absolute Gasteiger partial charge is 0.384 e. The first-order valence-corrected chi connectivity index (χ1v) is 8.67. The van der Waals surface area contributed by atoms with E-state index in [1.807, 2.05) is 18.3 Å². The van der Waals surface area contributed by atoms with Gasteiger partial charge < -0.3 is 10.4 Å². The lowest BCUT2D eigenvalue weighted by molar-refractivity contribution is 0.0385. The highest BCUT2D eigenvalue weighted by molar-refractivity contribution is 7.11. The zero-order valence-electron chi connectivity index (χ0n) is 13.5. The highest BCUT2D eigenvalue weighted by Gasteiger charge is 2.35. The molecule has 1 aliphatic rings. The average Bonchev–Trinajstić information content (AvgIpc) is 3.06. The average molecular weight is 316 g/mol. The number of hydrogen-bond acceptors (Lipinski definition) is 4. The molecule has 1 aromatic carbocycles. The molecule has 1 atom stereocenters. The van der Waals surface area contributed by atoms with Gasteiger partial charge in [-0.15, -0.1) is 11.3 Å². The maximum Gasteiger partial charge on any atom is 0.103 e. The smallest absolute Gasteiger partial charge is 0.103 e. The molecule has 0 fully saturated rings. The van der Waals surface area contributed by atoms with Crippen LogP contribution in [0, 0.1) is 0 Å². The van der Waals surface area contributed by atoms with Crippen LogP contribution in [-0.4, -0.2) is 16.6 Å². The number of fused-ring (bicyclic) bond motifs is 1. The standard InChI is InChI=1S/C18H24N2OS/c1-17(2,3)16-20-11-14(22-16)10-19-12-18(21)9-8-13-6-4-5-7-15(13)18/h4-7,11,19,21H,8-10,12H2,1-3H3. The Hall–Kier alpha value is -1.23. The third kappa shape index (κ3) is 3.09. The lowest BCUT2D eigenvalue weighted by Gasteiger charge is -2.24. The highest BCUT2D eigenvalue weighted by atomic mass is 32.1. The fraction of sp³-hybridized carbons (Fsp3) is 0.500. The Morgan fingerprint density at radius 2 is 2.09 bits per heavy atom. The molecule has 22 heavy (non-hydrogen) atoms. The summed E-state index contributed by atoms with van der Waals surface area (Å²) in [5, 5.41) is 15.5. The van der Waals surface area contributed by atoms with Crippen LogP contribution in [0.1, 0.15) is 48.2 Å². The number of aliphatic hydroxyl groups is 1. The number of rotatable bonds is 4. The van der Waals surface area contributed by atoms with Gasteiger partial charge in [0, 0.05) is 29.6 Å². The monoisotopic (exact) mass is 316 g/mol. The SMILES string of the molecule is CC(C)(C)c1ncc(CNCC2(O)CCc3ccccc32)s1. The van der Waals surface area contributed by atoms with Crippen molar-refractivity contribution in [2.45, 2.75) is 51.2 Å². The number of nitrogens with zero attached hydrogens (tertiary/aromatic N) is 1. The van der Waals surface area contributed by atoms with Crippen molar-refractivity contribution in [3.8, 4) is 0 Å². The molecule has 3 rings (SSSR count). The molecule has 1 unspecified atom stereocenters. The van der Waals surface area contributed by atoms with Crippen molar-refractivity contribution in [1.82, 2.24) is 10.3 Å². The van der Waals surface area contributed by atoms with E-state index in [9.17, 15) is 5.11 Å². The van der Waals surface area contributed by atoms with Gasteiger partial charge in [0.05, 0.1) is 5.01 Å². The molecule has 3 nitrogen and oxygen atoms in total. The molecule has 1 heterocycles. The normalized spacial score (nSPS) is 21.1. The summed E-state index contributed by atoms with van der Waals surface area (Å²) >= 11 is 1.75. The van der Waals surface area contributed by atoms with Gasteiger partial charge in [0.2, 0.25) is 0 Å². The molecule has 2 aromatic rings. The third-order valence-corrected chi connectivity index (χ3v) is 5.66. The third-order valence-electron chi connectivity index (χ3n) is 4.24. The summed E-state index contributed by atoms with van der Waals surface area (Å²) in [7, 11) is 0. The van der Waals surface area contributed by atoms with E-state index in [-0.39, 0.29) is 5.41 Å². The summed E-state index contributed by atoms with van der Waals surface area (Å²) in [4.78, 5) is 5.73. The summed E-state index contributed by atoms with van der Waals surface area (Å²) < 4.78 is 0. The molecular formula is C18H24N2OS. The number of thiazole rings is 1. The minimum absolute atomic E-state index is 0.103. The Morgan fingerprint density at radius 3 is 2.82 bits per heavy atom. The highest BCUT2D eigenvalue weighted by Crippen LogP contribution is 2.36. The van der Waals surface area contributed by atoms with Crippen molar-refractivity contribution in [2.24, 2.45) is 0 Å². The summed E-state index contributed by atoms with van der Waals surface area (Å²) in [5.74, 6) is 0. The number of aryl methyl sites for hydroxylation is 1. The first-order valence-electron chi connectivity index (χ1n) is 7.85. The second-order valence-electron chi connectivity index (χ2n) is 7.17. The lowest BCUT2D eigenvalue weighted by Crippen LogP contribution is -2.35. The lowest BCUT2D eigenvalue weighted by atomic mass is 9.96. The van der Waals surface area contributed by atoms with E-state index < -0.39 is 5.60 Å². The van der Waals surface area contributed by atoms with E-state index >= 15 is 0 Å². The van der Waals surface area contributed by atoms with Crippen molar-refractivity contribution in [3.05, 3.63) is 51.5 Å². The fourth-order valence-corrected chi connectivity index (χ4v) is 3.92. The van der Waals surface area contributed by atoms with Gasteiger partial charge in [-0.25, -0.2) is 4.98 Å². The van der Waals surface area contributed by atoms with E-state index in [2.05, 4.69) is 43.2 Å². The van der Waals surface area contributed by atoms with E-state index in [4.69, 9.17) is 0 Å². The van der Waals surface area contributed by atoms with Crippen molar-refractivity contribution < 1.29 is 5.11 Å². The van der Waals surface area contributed by atoms with Gasteiger partial charge in [0.25, 0.3) is 0 Å². The van der Waals surface area contributed by atoms with Crippen LogP contribution < -0.4 is 5.32 Å². The van der Waals surface area contributed by atoms with Gasteiger partial charge in [0.1, 0.15) is 5.60 Å². The van der Waals surface area contributed by atoms with Crippen LogP contribution in [0.2, 0.25) is 0 Å². The fourth-order valence-electron chi connectivity index (χ4n) is 2.98. The summed E-state index contributed by atoms with van der Waals surface area (Å²) in [5.41, 5.74) is 1.74. The van der Waals surface area contributed by atoms with Crippen LogP contribution in [0.25, 0.3) is 0 Å². The summed E-state index contributed by atoms with van der Waals surface area (Å²) in [6.45, 7) is 7.90. The second kappa shape index (κ2) is 5.76. The van der Waals surface area contributed by atoms with Crippen molar-refractivity contribution in [2.75, 3.05) is 6.54 Å². The first-order chi connectivity index (χ1) is 10.4. The molecule has 4 heteroatoms. The van der Waals surface area contributed by atoms with Gasteiger partial charge in [-0.1, -0.05) is 45.0 Å². The van der Waals surface area contributed by atoms with Crippen molar-refractivity contribution in [3.63, 3.8) is 0 Å². The number of hydrogen-bond donors (Lipinski definition) is 2. The van der Waals surface area contributed by atoms with Crippen molar-refractivity contribution >= 4 is 11.3 Å². The molecule has 0 aliphatic heterocycles. The number of benzene rings is 1. The Balaban J connectivity index is 1.61. The molecule has 0 spiro atoms. The Bertz CT molecular complexity index is 659. The molecule has 1 aromatic heterocycles. The minimum atomic E-state index is -0.728. The van der Waals surface area contributed by atoms with E-state index in [0.717, 1.165) is 30.0 Å². The van der Waals surface area contributed by atoms with Crippen LogP contribution in [0.15, 0.2) is 30.5 Å². The van der Waals surface area contributed by atoms with E-state index in [1.54, 1.807) is 11.3 Å². The van der Waals surface area contributed by atoms with Gasteiger partial charge in [-0.2, -0.15) is 0 Å². The molecule has 1 aliphatic carbocycles. The van der Waals surface area contributed by atoms with Gasteiger partial charge in [-0.3, -0.25) is 0 Å². The Kier molecular flexibility index (Phi) is 4.10. The molecule has 0 radical (unpaired) electrons. The molecule has 0 saturated carbocycles. The minimum Gasteiger partial charge on any atom is -0.384 e.